The quantitative estimate of drug-likeness (QED) is 0.668. The van der Waals surface area contributed by atoms with E-state index in [4.69, 9.17) is 0 Å². The Morgan fingerprint density at radius 2 is 1.62 bits per heavy atom. The van der Waals surface area contributed by atoms with Crippen LogP contribution in [0.5, 0.6) is 0 Å². The number of piperidine rings is 1. The molecule has 4 heteroatoms. The molecule has 1 fully saturated rings. The minimum absolute atomic E-state index is 0.0904. The van der Waals surface area contributed by atoms with Crippen molar-refractivity contribution in [3.05, 3.63) is 93.9 Å². The molecule has 2 aliphatic heterocycles. The highest BCUT2D eigenvalue weighted by atomic mass is 16.2. The Morgan fingerprint density at radius 1 is 0.862 bits per heavy atom. The number of aromatic nitrogens is 1. The number of likely N-dealkylation sites (tertiary alicyclic amines) is 1. The second kappa shape index (κ2) is 7.03. The zero-order valence-corrected chi connectivity index (χ0v) is 16.5. The van der Waals surface area contributed by atoms with Crippen molar-refractivity contribution in [2.75, 3.05) is 13.1 Å². The molecular formula is C25H24N2O2. The number of aryl methyl sites for hydroxylation is 1. The van der Waals surface area contributed by atoms with Gasteiger partial charge in [-0.3, -0.25) is 9.59 Å². The maximum absolute atomic E-state index is 13.3. The predicted octanol–water partition coefficient (Wildman–Crippen LogP) is 4.08. The molecule has 2 bridgehead atoms. The number of amides is 1. The SMILES string of the molecule is Cc1ccccc1-c1ccc2n(c1=O)C[C@H]1C[C@@H]2CN(C(=O)c2ccccc2)C1. The summed E-state index contributed by atoms with van der Waals surface area (Å²) in [5.41, 5.74) is 4.78. The van der Waals surface area contributed by atoms with Gasteiger partial charge in [0.1, 0.15) is 0 Å². The number of hydrogen-bond acceptors (Lipinski definition) is 2. The van der Waals surface area contributed by atoms with Gasteiger partial charge in [0.05, 0.1) is 0 Å². The second-order valence-electron chi connectivity index (χ2n) is 8.28. The van der Waals surface area contributed by atoms with E-state index >= 15 is 0 Å². The largest absolute Gasteiger partial charge is 0.338 e. The van der Waals surface area contributed by atoms with Gasteiger partial charge in [0, 0.05) is 42.4 Å². The zero-order valence-electron chi connectivity index (χ0n) is 16.5. The standard InChI is InChI=1S/C25H24N2O2/c1-17-7-5-6-10-21(17)22-11-12-23-20-13-18(15-27(23)25(22)29)14-26(16-20)24(28)19-8-3-2-4-9-19/h2-12,18,20H,13-16H2,1H3/t18-,20+/m0/s1. The molecule has 0 radical (unpaired) electrons. The molecule has 0 unspecified atom stereocenters. The van der Waals surface area contributed by atoms with Crippen LogP contribution in [0.15, 0.2) is 71.5 Å². The molecule has 2 aromatic carbocycles. The van der Waals surface area contributed by atoms with Crippen LogP contribution in [-0.2, 0) is 6.54 Å². The molecule has 0 N–H and O–H groups in total. The Bertz CT molecular complexity index is 1130. The summed E-state index contributed by atoms with van der Waals surface area (Å²) in [6.07, 6.45) is 1.04. The number of carbonyl (C=O) groups excluding carboxylic acids is 1. The van der Waals surface area contributed by atoms with Crippen molar-refractivity contribution in [3.8, 4) is 11.1 Å². The van der Waals surface area contributed by atoms with Crippen LogP contribution in [0.4, 0.5) is 0 Å². The van der Waals surface area contributed by atoms with Gasteiger partial charge < -0.3 is 9.47 Å². The van der Waals surface area contributed by atoms with E-state index < -0.39 is 0 Å². The molecule has 4 nitrogen and oxygen atoms in total. The highest BCUT2D eigenvalue weighted by Crippen LogP contribution is 2.36. The average Bonchev–Trinajstić information content (AvgIpc) is 2.75. The zero-order chi connectivity index (χ0) is 20.0. The van der Waals surface area contributed by atoms with E-state index in [1.807, 2.05) is 77.1 Å². The van der Waals surface area contributed by atoms with Crippen LogP contribution in [0.3, 0.4) is 0 Å². The summed E-state index contributed by atoms with van der Waals surface area (Å²) in [4.78, 5) is 28.2. The molecule has 0 spiro atoms. The van der Waals surface area contributed by atoms with Crippen LogP contribution in [0.1, 0.15) is 34.0 Å². The third-order valence-corrected chi connectivity index (χ3v) is 6.35. The maximum atomic E-state index is 13.3. The summed E-state index contributed by atoms with van der Waals surface area (Å²) in [5.74, 6) is 0.625. The Kier molecular flexibility index (Phi) is 4.35. The number of rotatable bonds is 2. The molecular weight excluding hydrogens is 360 g/mol. The van der Waals surface area contributed by atoms with Crippen molar-refractivity contribution >= 4 is 5.91 Å². The van der Waals surface area contributed by atoms with Gasteiger partial charge in [0.15, 0.2) is 0 Å². The minimum Gasteiger partial charge on any atom is -0.338 e. The summed E-state index contributed by atoms with van der Waals surface area (Å²) in [6.45, 7) is 4.11. The van der Waals surface area contributed by atoms with Crippen molar-refractivity contribution in [1.82, 2.24) is 9.47 Å². The van der Waals surface area contributed by atoms with E-state index in [-0.39, 0.29) is 17.4 Å². The fraction of sp³-hybridized carbons (Fsp3) is 0.280. The predicted molar refractivity (Wildman–Crippen MR) is 114 cm³/mol. The first-order valence-corrected chi connectivity index (χ1v) is 10.3. The number of benzene rings is 2. The van der Waals surface area contributed by atoms with Gasteiger partial charge in [0.2, 0.25) is 0 Å². The first-order chi connectivity index (χ1) is 14.1. The summed E-state index contributed by atoms with van der Waals surface area (Å²) >= 11 is 0. The fourth-order valence-electron chi connectivity index (χ4n) is 4.96. The van der Waals surface area contributed by atoms with Crippen molar-refractivity contribution in [3.63, 3.8) is 0 Å². The van der Waals surface area contributed by atoms with Gasteiger partial charge >= 0.3 is 0 Å². The van der Waals surface area contributed by atoms with Gasteiger partial charge in [-0.1, -0.05) is 42.5 Å². The topological polar surface area (TPSA) is 42.3 Å². The van der Waals surface area contributed by atoms with Gasteiger partial charge in [-0.25, -0.2) is 0 Å². The number of pyridine rings is 1. The number of carbonyl (C=O) groups is 1. The van der Waals surface area contributed by atoms with Gasteiger partial charge in [-0.05, 0) is 54.7 Å². The molecule has 2 aliphatic rings. The van der Waals surface area contributed by atoms with Crippen LogP contribution in [0.2, 0.25) is 0 Å². The van der Waals surface area contributed by atoms with Crippen molar-refractivity contribution in [2.24, 2.45) is 5.92 Å². The molecule has 1 aromatic heterocycles. The van der Waals surface area contributed by atoms with Crippen LogP contribution in [0, 0.1) is 12.8 Å². The monoisotopic (exact) mass is 384 g/mol. The van der Waals surface area contributed by atoms with E-state index in [1.165, 1.54) is 0 Å². The van der Waals surface area contributed by atoms with Crippen molar-refractivity contribution < 1.29 is 4.79 Å². The molecule has 3 heterocycles. The maximum Gasteiger partial charge on any atom is 0.258 e. The molecule has 0 aliphatic carbocycles. The van der Waals surface area contributed by atoms with Crippen LogP contribution in [-0.4, -0.2) is 28.5 Å². The smallest absolute Gasteiger partial charge is 0.258 e. The third kappa shape index (κ3) is 3.09. The number of fused-ring (bicyclic) bond motifs is 4. The normalized spacial score (nSPS) is 20.2. The number of hydrogen-bond donors (Lipinski definition) is 0. The Morgan fingerprint density at radius 3 is 2.41 bits per heavy atom. The molecule has 5 rings (SSSR count). The minimum atomic E-state index is 0.0904. The molecule has 2 atom stereocenters. The summed E-state index contributed by atoms with van der Waals surface area (Å²) in [7, 11) is 0. The van der Waals surface area contributed by atoms with E-state index in [2.05, 4.69) is 6.07 Å². The van der Waals surface area contributed by atoms with Gasteiger partial charge in [-0.15, -0.1) is 0 Å². The van der Waals surface area contributed by atoms with Crippen molar-refractivity contribution in [2.45, 2.75) is 25.8 Å². The van der Waals surface area contributed by atoms with Gasteiger partial charge in [0.25, 0.3) is 11.5 Å². The molecule has 1 amide bonds. The molecule has 29 heavy (non-hydrogen) atoms. The molecule has 1 saturated heterocycles. The lowest BCUT2D eigenvalue weighted by Gasteiger charge is -2.43. The summed E-state index contributed by atoms with van der Waals surface area (Å²) < 4.78 is 1.96. The van der Waals surface area contributed by atoms with E-state index in [0.29, 0.717) is 25.6 Å². The first-order valence-electron chi connectivity index (χ1n) is 10.3. The van der Waals surface area contributed by atoms with Crippen LogP contribution < -0.4 is 5.56 Å². The molecule has 0 saturated carbocycles. The average molecular weight is 384 g/mol. The lowest BCUT2D eigenvalue weighted by molar-refractivity contribution is 0.0594. The summed E-state index contributed by atoms with van der Waals surface area (Å²) in [5, 5.41) is 0. The van der Waals surface area contributed by atoms with Crippen LogP contribution in [0.25, 0.3) is 11.1 Å². The van der Waals surface area contributed by atoms with Gasteiger partial charge in [-0.2, -0.15) is 0 Å². The Hall–Kier alpha value is -3.14. The lowest BCUT2D eigenvalue weighted by Crippen LogP contribution is -2.49. The lowest BCUT2D eigenvalue weighted by atomic mass is 9.82. The fourth-order valence-corrected chi connectivity index (χ4v) is 4.96. The third-order valence-electron chi connectivity index (χ3n) is 6.35. The molecule has 146 valence electrons. The van der Waals surface area contributed by atoms with Crippen molar-refractivity contribution in [1.29, 1.82) is 0 Å². The molecule has 3 aromatic rings. The first kappa shape index (κ1) is 17.9. The Labute approximate surface area is 170 Å². The highest BCUT2D eigenvalue weighted by Gasteiger charge is 2.36. The van der Waals surface area contributed by atoms with E-state index in [1.54, 1.807) is 0 Å². The number of nitrogens with zero attached hydrogens (tertiary/aromatic N) is 2. The van der Waals surface area contributed by atoms with E-state index in [9.17, 15) is 9.59 Å². The Balaban J connectivity index is 1.49. The van der Waals surface area contributed by atoms with Crippen LogP contribution >= 0.6 is 0 Å². The van der Waals surface area contributed by atoms with E-state index in [0.717, 1.165) is 34.4 Å². The summed E-state index contributed by atoms with van der Waals surface area (Å²) in [6, 6.07) is 21.6. The second-order valence-corrected chi connectivity index (χ2v) is 8.28. The highest BCUT2D eigenvalue weighted by molar-refractivity contribution is 5.94.